The zero-order valence-corrected chi connectivity index (χ0v) is 21.6. The molecule has 7 heteroatoms. The highest BCUT2D eigenvalue weighted by atomic mass is 19.1. The van der Waals surface area contributed by atoms with Crippen LogP contribution in [0.4, 0.5) is 10.1 Å². The Bertz CT molecular complexity index is 1300. The number of hydrogen-bond acceptors (Lipinski definition) is 5. The SMILES string of the molecule is CN(C)C[C@H](O)CN1CN(c2ccc(F)cc2)C2(CCN(C3Cc4cccc5cccc3c45)CC2)C1=O. The molecule has 3 aliphatic rings. The number of amides is 1. The van der Waals surface area contributed by atoms with Crippen molar-refractivity contribution in [2.45, 2.75) is 36.9 Å². The van der Waals surface area contributed by atoms with Gasteiger partial charge in [-0.2, -0.15) is 0 Å². The monoisotopic (exact) mass is 502 g/mol. The molecule has 0 bridgehead atoms. The van der Waals surface area contributed by atoms with Crippen LogP contribution in [0.5, 0.6) is 0 Å². The lowest BCUT2D eigenvalue weighted by molar-refractivity contribution is -0.135. The number of hydrogen-bond donors (Lipinski definition) is 1. The molecule has 0 saturated carbocycles. The molecule has 3 aromatic rings. The van der Waals surface area contributed by atoms with Crippen molar-refractivity contribution in [3.05, 3.63) is 77.6 Å². The van der Waals surface area contributed by atoms with Gasteiger partial charge in [0, 0.05) is 37.9 Å². The number of piperidine rings is 1. The van der Waals surface area contributed by atoms with Crippen molar-refractivity contribution in [3.8, 4) is 0 Å². The number of aliphatic hydroxyl groups excluding tert-OH is 1. The van der Waals surface area contributed by atoms with Crippen LogP contribution >= 0.6 is 0 Å². The van der Waals surface area contributed by atoms with Crippen LogP contribution in [0, 0.1) is 5.82 Å². The molecule has 1 unspecified atom stereocenters. The minimum absolute atomic E-state index is 0.0751. The van der Waals surface area contributed by atoms with E-state index in [2.05, 4.69) is 46.2 Å². The molecule has 37 heavy (non-hydrogen) atoms. The van der Waals surface area contributed by atoms with Gasteiger partial charge in [0.2, 0.25) is 5.91 Å². The second-order valence-corrected chi connectivity index (χ2v) is 11.1. The summed E-state index contributed by atoms with van der Waals surface area (Å²) < 4.78 is 13.7. The van der Waals surface area contributed by atoms with E-state index in [0.717, 1.165) is 25.2 Å². The fourth-order valence-corrected chi connectivity index (χ4v) is 6.84. The minimum Gasteiger partial charge on any atom is -0.390 e. The van der Waals surface area contributed by atoms with E-state index in [9.17, 15) is 14.3 Å². The Labute approximate surface area is 217 Å². The molecular weight excluding hydrogens is 467 g/mol. The fraction of sp³-hybridized carbons (Fsp3) is 0.433. The lowest BCUT2D eigenvalue weighted by Crippen LogP contribution is -2.57. The lowest BCUT2D eigenvalue weighted by atomic mass is 9.84. The number of likely N-dealkylation sites (tertiary alicyclic amines) is 1. The number of anilines is 1. The molecule has 2 atom stereocenters. The summed E-state index contributed by atoms with van der Waals surface area (Å²) in [7, 11) is 3.83. The number of nitrogens with zero attached hydrogens (tertiary/aromatic N) is 4. The van der Waals surface area contributed by atoms with Crippen LogP contribution in [0.3, 0.4) is 0 Å². The van der Waals surface area contributed by atoms with Gasteiger partial charge in [0.15, 0.2) is 0 Å². The summed E-state index contributed by atoms with van der Waals surface area (Å²) >= 11 is 0. The van der Waals surface area contributed by atoms with Gasteiger partial charge in [-0.25, -0.2) is 4.39 Å². The Balaban J connectivity index is 1.25. The van der Waals surface area contributed by atoms with Crippen LogP contribution in [0.25, 0.3) is 10.8 Å². The van der Waals surface area contributed by atoms with Crippen LogP contribution in [0.1, 0.15) is 30.0 Å². The van der Waals surface area contributed by atoms with Gasteiger partial charge in [-0.05, 0) is 79.5 Å². The van der Waals surface area contributed by atoms with Gasteiger partial charge in [0.1, 0.15) is 11.4 Å². The highest BCUT2D eigenvalue weighted by molar-refractivity contribution is 5.94. The Morgan fingerprint density at radius 2 is 1.76 bits per heavy atom. The summed E-state index contributed by atoms with van der Waals surface area (Å²) in [5.41, 5.74) is 2.98. The minimum atomic E-state index is -0.677. The predicted octanol–water partition coefficient (Wildman–Crippen LogP) is 3.64. The molecule has 1 amide bonds. The van der Waals surface area contributed by atoms with E-state index in [1.807, 2.05) is 19.0 Å². The Kier molecular flexibility index (Phi) is 6.18. The number of benzene rings is 3. The average Bonchev–Trinajstić information content (AvgIpc) is 3.38. The zero-order valence-electron chi connectivity index (χ0n) is 21.6. The van der Waals surface area contributed by atoms with Crippen molar-refractivity contribution in [3.63, 3.8) is 0 Å². The maximum atomic E-state index is 14.0. The number of rotatable bonds is 6. The molecule has 2 fully saturated rings. The first-order valence-electron chi connectivity index (χ1n) is 13.3. The first kappa shape index (κ1) is 24.3. The van der Waals surface area contributed by atoms with Crippen molar-refractivity contribution in [1.82, 2.24) is 14.7 Å². The van der Waals surface area contributed by atoms with E-state index >= 15 is 0 Å². The van der Waals surface area contributed by atoms with E-state index < -0.39 is 11.6 Å². The third kappa shape index (κ3) is 4.19. The zero-order chi connectivity index (χ0) is 25.7. The van der Waals surface area contributed by atoms with Crippen molar-refractivity contribution in [2.75, 3.05) is 51.8 Å². The van der Waals surface area contributed by atoms with Crippen molar-refractivity contribution in [2.24, 2.45) is 0 Å². The average molecular weight is 503 g/mol. The van der Waals surface area contributed by atoms with E-state index in [1.165, 1.54) is 34.0 Å². The van der Waals surface area contributed by atoms with Crippen molar-refractivity contribution >= 4 is 22.4 Å². The maximum Gasteiger partial charge on any atom is 0.250 e. The topological polar surface area (TPSA) is 50.3 Å². The summed E-state index contributed by atoms with van der Waals surface area (Å²) in [5.74, 6) is -0.211. The molecule has 2 heterocycles. The molecule has 1 spiro atoms. The third-order valence-corrected chi connectivity index (χ3v) is 8.52. The van der Waals surface area contributed by atoms with Gasteiger partial charge in [-0.1, -0.05) is 36.4 Å². The highest BCUT2D eigenvalue weighted by Crippen LogP contribution is 2.45. The van der Waals surface area contributed by atoms with Crippen LogP contribution in [-0.2, 0) is 11.2 Å². The van der Waals surface area contributed by atoms with Crippen LogP contribution < -0.4 is 4.90 Å². The highest BCUT2D eigenvalue weighted by Gasteiger charge is 2.54. The molecule has 6 nitrogen and oxygen atoms in total. The second kappa shape index (κ2) is 9.39. The number of carbonyl (C=O) groups excluding carboxylic acids is 1. The lowest BCUT2D eigenvalue weighted by Gasteiger charge is -2.45. The fourth-order valence-electron chi connectivity index (χ4n) is 6.84. The Hall–Kier alpha value is -3.00. The van der Waals surface area contributed by atoms with Crippen LogP contribution in [0.15, 0.2) is 60.7 Å². The van der Waals surface area contributed by atoms with Crippen LogP contribution in [0.2, 0.25) is 0 Å². The molecule has 194 valence electrons. The molecule has 2 aliphatic heterocycles. The summed E-state index contributed by atoms with van der Waals surface area (Å²) in [6, 6.07) is 20.0. The largest absolute Gasteiger partial charge is 0.390 e. The molecular formula is C30H35FN4O2. The van der Waals surface area contributed by atoms with Gasteiger partial charge in [-0.3, -0.25) is 9.69 Å². The van der Waals surface area contributed by atoms with Gasteiger partial charge in [0.25, 0.3) is 0 Å². The number of aliphatic hydroxyl groups is 1. The second-order valence-electron chi connectivity index (χ2n) is 11.1. The van der Waals surface area contributed by atoms with Gasteiger partial charge >= 0.3 is 0 Å². The van der Waals surface area contributed by atoms with E-state index in [-0.39, 0.29) is 11.7 Å². The number of halogens is 1. The Morgan fingerprint density at radius 3 is 2.46 bits per heavy atom. The maximum absolute atomic E-state index is 14.0. The van der Waals surface area contributed by atoms with Gasteiger partial charge in [-0.15, -0.1) is 0 Å². The number of carbonyl (C=O) groups is 1. The quantitative estimate of drug-likeness (QED) is 0.558. The molecule has 1 aliphatic carbocycles. The van der Waals surface area contributed by atoms with Crippen LogP contribution in [-0.4, -0.2) is 84.3 Å². The standard InChI is InChI=1S/C30H35FN4O2/c1-32(2)18-25(36)19-34-20-35(24-11-9-23(31)10-12-24)30(29(34)37)13-15-33(16-14-30)27-17-22-7-3-5-21-6-4-8-26(27)28(21)22/h3-12,25,27,36H,13-20H2,1-2H3/t25-,27?/m0/s1. The van der Waals surface area contributed by atoms with E-state index in [1.54, 1.807) is 17.0 Å². The predicted molar refractivity (Wildman–Crippen MR) is 144 cm³/mol. The first-order valence-corrected chi connectivity index (χ1v) is 13.3. The summed E-state index contributed by atoms with van der Waals surface area (Å²) in [4.78, 5) is 22.4. The molecule has 0 radical (unpaired) electrons. The molecule has 6 rings (SSSR count). The van der Waals surface area contributed by atoms with Gasteiger partial charge < -0.3 is 19.8 Å². The first-order chi connectivity index (χ1) is 17.9. The van der Waals surface area contributed by atoms with Crippen molar-refractivity contribution < 1.29 is 14.3 Å². The van der Waals surface area contributed by atoms with Gasteiger partial charge in [0.05, 0.1) is 12.8 Å². The molecule has 3 aromatic carbocycles. The van der Waals surface area contributed by atoms with E-state index in [4.69, 9.17) is 0 Å². The van der Waals surface area contributed by atoms with E-state index in [0.29, 0.717) is 38.6 Å². The third-order valence-electron chi connectivity index (χ3n) is 8.52. The summed E-state index contributed by atoms with van der Waals surface area (Å²) in [6.45, 7) is 2.82. The molecule has 1 N–H and O–H groups in total. The van der Waals surface area contributed by atoms with Crippen molar-refractivity contribution in [1.29, 1.82) is 0 Å². The normalized spacial score (nSPS) is 22.1. The Morgan fingerprint density at radius 1 is 1.05 bits per heavy atom. The summed E-state index contributed by atoms with van der Waals surface area (Å²) in [6.07, 6.45) is 1.78. The molecule has 2 saturated heterocycles. The number of likely N-dealkylation sites (N-methyl/N-ethyl adjacent to an activating group) is 1. The molecule has 0 aromatic heterocycles. The smallest absolute Gasteiger partial charge is 0.250 e. The summed E-state index contributed by atoms with van der Waals surface area (Å²) in [5, 5.41) is 13.3. The number of β-amino-alcohol motifs (C(OH)–C–C–N with tert-alkyl or cyclic N) is 1.